The summed E-state index contributed by atoms with van der Waals surface area (Å²) < 4.78 is 39.1. The van der Waals surface area contributed by atoms with Crippen molar-refractivity contribution in [1.29, 1.82) is 0 Å². The molecule has 1 heterocycles. The summed E-state index contributed by atoms with van der Waals surface area (Å²) in [4.78, 5) is 2.52. The van der Waals surface area contributed by atoms with Gasteiger partial charge in [0, 0.05) is 24.0 Å². The van der Waals surface area contributed by atoms with Crippen LogP contribution in [0.5, 0.6) is 0 Å². The largest absolute Gasteiger partial charge is 0.522 e. The highest BCUT2D eigenvalue weighted by molar-refractivity contribution is 4.84. The highest BCUT2D eigenvalue weighted by Gasteiger charge is 2.36. The van der Waals surface area contributed by atoms with Crippen LogP contribution in [-0.4, -0.2) is 31.6 Å². The van der Waals surface area contributed by atoms with Crippen molar-refractivity contribution in [2.75, 3.05) is 13.1 Å². The summed E-state index contributed by atoms with van der Waals surface area (Å²) in [6, 6.07) is -0.224. The molecule has 2 atom stereocenters. The summed E-state index contributed by atoms with van der Waals surface area (Å²) in [5, 5.41) is 6.04. The molecule has 0 aliphatic carbocycles. The molecular weight excluding hydrogens is 201 g/mol. The molecule has 5 nitrogen and oxygen atoms in total. The van der Waals surface area contributed by atoms with Gasteiger partial charge in [0.1, 0.15) is 0 Å². The molecule has 0 aromatic rings. The molecule has 0 saturated carbocycles. The molecule has 0 unspecified atom stereocenters. The molecule has 80 valence electrons. The van der Waals surface area contributed by atoms with E-state index in [1.165, 1.54) is 0 Å². The summed E-state index contributed by atoms with van der Waals surface area (Å²) in [5.41, 5.74) is 8.00. The Morgan fingerprint density at radius 2 is 2.29 bits per heavy atom. The molecule has 1 fully saturated rings. The SMILES string of the molecule is [N-]=[N+]=NC[C@@H]1C[C@H](OC(F)(F)F)CN1. The number of nitrogens with zero attached hydrogens (tertiary/aromatic N) is 3. The Morgan fingerprint density at radius 3 is 2.86 bits per heavy atom. The zero-order valence-corrected chi connectivity index (χ0v) is 7.16. The molecule has 14 heavy (non-hydrogen) atoms. The highest BCUT2D eigenvalue weighted by atomic mass is 19.4. The Bertz CT molecular complexity index is 238. The van der Waals surface area contributed by atoms with Crippen LogP contribution in [0.3, 0.4) is 0 Å². The van der Waals surface area contributed by atoms with Crippen LogP contribution < -0.4 is 5.32 Å². The van der Waals surface area contributed by atoms with E-state index in [1.54, 1.807) is 0 Å². The van der Waals surface area contributed by atoms with Crippen LogP contribution in [0.1, 0.15) is 6.42 Å². The number of nitrogens with one attached hydrogen (secondary N) is 1. The van der Waals surface area contributed by atoms with Gasteiger partial charge < -0.3 is 5.32 Å². The fourth-order valence-corrected chi connectivity index (χ4v) is 1.34. The van der Waals surface area contributed by atoms with Gasteiger partial charge in [-0.2, -0.15) is 0 Å². The first-order chi connectivity index (χ1) is 6.51. The second kappa shape index (κ2) is 4.50. The van der Waals surface area contributed by atoms with Crippen molar-refractivity contribution in [3.8, 4) is 0 Å². The second-order valence-corrected chi connectivity index (χ2v) is 2.94. The fraction of sp³-hybridized carbons (Fsp3) is 1.00. The summed E-state index contributed by atoms with van der Waals surface area (Å²) in [7, 11) is 0. The third-order valence-electron chi connectivity index (χ3n) is 1.85. The Labute approximate surface area is 77.9 Å². The van der Waals surface area contributed by atoms with E-state index in [0.29, 0.717) is 0 Å². The Hall–Kier alpha value is -0.980. The number of hydrogen-bond acceptors (Lipinski definition) is 3. The van der Waals surface area contributed by atoms with Crippen LogP contribution in [0.2, 0.25) is 0 Å². The zero-order chi connectivity index (χ0) is 10.6. The van der Waals surface area contributed by atoms with Crippen molar-refractivity contribution >= 4 is 0 Å². The van der Waals surface area contributed by atoms with Crippen molar-refractivity contribution in [1.82, 2.24) is 5.32 Å². The van der Waals surface area contributed by atoms with Crippen molar-refractivity contribution < 1.29 is 17.9 Å². The molecule has 1 aliphatic heterocycles. The lowest BCUT2D eigenvalue weighted by Gasteiger charge is -2.12. The van der Waals surface area contributed by atoms with Gasteiger partial charge in [0.25, 0.3) is 0 Å². The van der Waals surface area contributed by atoms with E-state index in [2.05, 4.69) is 20.1 Å². The quantitative estimate of drug-likeness (QED) is 0.436. The van der Waals surface area contributed by atoms with E-state index in [1.807, 2.05) is 0 Å². The van der Waals surface area contributed by atoms with Gasteiger partial charge in [-0.15, -0.1) is 13.2 Å². The lowest BCUT2D eigenvalue weighted by atomic mass is 10.2. The maximum Gasteiger partial charge on any atom is 0.522 e. The van der Waals surface area contributed by atoms with Crippen LogP contribution in [0, 0.1) is 0 Å². The molecule has 0 radical (unpaired) electrons. The van der Waals surface area contributed by atoms with E-state index in [-0.39, 0.29) is 25.6 Å². The normalized spacial score (nSPS) is 27.4. The molecular formula is C6H9F3N4O. The molecule has 8 heteroatoms. The molecule has 1 rings (SSSR count). The van der Waals surface area contributed by atoms with Crippen LogP contribution in [0.15, 0.2) is 5.11 Å². The summed E-state index contributed by atoms with van der Waals surface area (Å²) >= 11 is 0. The van der Waals surface area contributed by atoms with Crippen molar-refractivity contribution in [2.45, 2.75) is 24.9 Å². The van der Waals surface area contributed by atoms with Gasteiger partial charge in [-0.05, 0) is 12.0 Å². The van der Waals surface area contributed by atoms with E-state index in [4.69, 9.17) is 5.53 Å². The van der Waals surface area contributed by atoms with Crippen LogP contribution >= 0.6 is 0 Å². The molecule has 1 aliphatic rings. The van der Waals surface area contributed by atoms with Gasteiger partial charge >= 0.3 is 6.36 Å². The first-order valence-electron chi connectivity index (χ1n) is 4.00. The first kappa shape index (κ1) is 11.1. The maximum atomic E-state index is 11.8. The lowest BCUT2D eigenvalue weighted by Crippen LogP contribution is -2.26. The second-order valence-electron chi connectivity index (χ2n) is 2.94. The molecule has 0 spiro atoms. The van der Waals surface area contributed by atoms with Crippen molar-refractivity contribution in [3.63, 3.8) is 0 Å². The summed E-state index contributed by atoms with van der Waals surface area (Å²) in [5.74, 6) is 0. The van der Waals surface area contributed by atoms with E-state index >= 15 is 0 Å². The minimum atomic E-state index is -4.60. The smallest absolute Gasteiger partial charge is 0.311 e. The van der Waals surface area contributed by atoms with E-state index in [0.717, 1.165) is 0 Å². The standard InChI is InChI=1S/C6H9F3N4O/c7-6(8,9)14-5-1-4(11-3-5)2-12-13-10/h4-5,11H,1-3H2/t4-,5-/m0/s1. The van der Waals surface area contributed by atoms with Gasteiger partial charge in [-0.25, -0.2) is 0 Å². The van der Waals surface area contributed by atoms with Gasteiger partial charge in [-0.1, -0.05) is 5.11 Å². The van der Waals surface area contributed by atoms with Gasteiger partial charge in [0.15, 0.2) is 0 Å². The fourth-order valence-electron chi connectivity index (χ4n) is 1.34. The maximum absolute atomic E-state index is 11.8. The van der Waals surface area contributed by atoms with Gasteiger partial charge in [0.05, 0.1) is 6.10 Å². The van der Waals surface area contributed by atoms with Gasteiger partial charge in [0.2, 0.25) is 0 Å². The van der Waals surface area contributed by atoms with Crippen molar-refractivity contribution in [2.24, 2.45) is 5.11 Å². The minimum absolute atomic E-state index is 0.130. The number of ether oxygens (including phenoxy) is 1. The number of azide groups is 1. The molecule has 1 N–H and O–H groups in total. The van der Waals surface area contributed by atoms with E-state index < -0.39 is 12.5 Å². The molecule has 0 bridgehead atoms. The van der Waals surface area contributed by atoms with Crippen LogP contribution in [0.4, 0.5) is 13.2 Å². The number of alkyl halides is 3. The molecule has 0 aromatic carbocycles. The third kappa shape index (κ3) is 3.82. The van der Waals surface area contributed by atoms with Gasteiger partial charge in [-0.3, -0.25) is 4.74 Å². The van der Waals surface area contributed by atoms with Crippen molar-refractivity contribution in [3.05, 3.63) is 10.4 Å². The van der Waals surface area contributed by atoms with Crippen LogP contribution in [0.25, 0.3) is 10.4 Å². The average molecular weight is 210 g/mol. The number of rotatable bonds is 3. The zero-order valence-electron chi connectivity index (χ0n) is 7.16. The Morgan fingerprint density at radius 1 is 1.57 bits per heavy atom. The third-order valence-corrected chi connectivity index (χ3v) is 1.85. The molecule has 0 amide bonds. The molecule has 0 aromatic heterocycles. The Balaban J connectivity index is 2.30. The Kier molecular flexibility index (Phi) is 3.56. The average Bonchev–Trinajstić information content (AvgIpc) is 2.46. The minimum Gasteiger partial charge on any atom is -0.311 e. The van der Waals surface area contributed by atoms with E-state index in [9.17, 15) is 13.2 Å². The first-order valence-corrected chi connectivity index (χ1v) is 4.00. The number of halogens is 3. The predicted molar refractivity (Wildman–Crippen MR) is 41.3 cm³/mol. The lowest BCUT2D eigenvalue weighted by molar-refractivity contribution is -0.340. The highest BCUT2D eigenvalue weighted by Crippen LogP contribution is 2.22. The topological polar surface area (TPSA) is 70.0 Å². The monoisotopic (exact) mass is 210 g/mol. The number of hydrogen-bond donors (Lipinski definition) is 1. The summed E-state index contributed by atoms with van der Waals surface area (Å²) in [6.07, 6.45) is -5.27. The molecule has 1 saturated heterocycles. The van der Waals surface area contributed by atoms with Crippen LogP contribution in [-0.2, 0) is 4.74 Å². The summed E-state index contributed by atoms with van der Waals surface area (Å²) in [6.45, 7) is 0.277. The predicted octanol–water partition coefficient (Wildman–Crippen LogP) is 1.56.